The average Bonchev–Trinajstić information content (AvgIpc) is 2.94. The van der Waals surface area contributed by atoms with Crippen molar-refractivity contribution < 1.29 is 4.79 Å². The lowest BCUT2D eigenvalue weighted by Crippen LogP contribution is -2.57. The Labute approximate surface area is 128 Å². The van der Waals surface area contributed by atoms with Crippen molar-refractivity contribution in [2.45, 2.75) is 65.5 Å². The molecule has 2 heterocycles. The van der Waals surface area contributed by atoms with Gasteiger partial charge in [0.15, 0.2) is 5.78 Å². The van der Waals surface area contributed by atoms with Crippen molar-refractivity contribution in [3.63, 3.8) is 0 Å². The van der Waals surface area contributed by atoms with Crippen LogP contribution in [-0.2, 0) is 4.79 Å². The smallest absolute Gasteiger partial charge is 0.158 e. The summed E-state index contributed by atoms with van der Waals surface area (Å²) < 4.78 is 0. The number of Topliss-reactive ketones (excluding diaryl/α,β-unsaturated/α-hetero) is 1. The number of carbonyl (C=O) groups excluding carboxylic acids is 1. The van der Waals surface area contributed by atoms with Crippen molar-refractivity contribution in [1.82, 2.24) is 16.2 Å². The predicted octanol–water partition coefficient (Wildman–Crippen LogP) is 2.48. The molecule has 0 radical (unpaired) electrons. The molecule has 0 aromatic heterocycles. The van der Waals surface area contributed by atoms with Crippen LogP contribution in [0.1, 0.15) is 59.3 Å². The van der Waals surface area contributed by atoms with Crippen LogP contribution in [0.2, 0.25) is 0 Å². The minimum absolute atomic E-state index is 0.0444. The van der Waals surface area contributed by atoms with Crippen molar-refractivity contribution in [2.24, 2.45) is 17.3 Å². The molecule has 3 aliphatic rings. The predicted molar refractivity (Wildman–Crippen MR) is 84.2 cm³/mol. The molecule has 21 heavy (non-hydrogen) atoms. The first kappa shape index (κ1) is 15.0. The van der Waals surface area contributed by atoms with Crippen molar-refractivity contribution in [2.75, 3.05) is 6.54 Å². The maximum Gasteiger partial charge on any atom is 0.158 e. The molecule has 4 heteroatoms. The van der Waals surface area contributed by atoms with E-state index < -0.39 is 0 Å². The van der Waals surface area contributed by atoms with Crippen LogP contribution < -0.4 is 16.2 Å². The van der Waals surface area contributed by atoms with Crippen LogP contribution in [-0.4, -0.2) is 18.5 Å². The summed E-state index contributed by atoms with van der Waals surface area (Å²) in [6, 6.07) is 0. The van der Waals surface area contributed by atoms with Gasteiger partial charge in [0.25, 0.3) is 0 Å². The molecule has 0 spiro atoms. The summed E-state index contributed by atoms with van der Waals surface area (Å²) in [5.41, 5.74) is 8.91. The largest absolute Gasteiger partial charge is 0.372 e. The molecule has 3 atom stereocenters. The topological polar surface area (TPSA) is 53.2 Å². The van der Waals surface area contributed by atoms with Crippen LogP contribution in [0.15, 0.2) is 11.3 Å². The van der Waals surface area contributed by atoms with Gasteiger partial charge in [-0.1, -0.05) is 26.2 Å². The first-order valence-electron chi connectivity index (χ1n) is 8.58. The van der Waals surface area contributed by atoms with E-state index in [2.05, 4.69) is 30.0 Å². The summed E-state index contributed by atoms with van der Waals surface area (Å²) in [6.07, 6.45) is 7.88. The molecule has 1 saturated heterocycles. The van der Waals surface area contributed by atoms with Crippen molar-refractivity contribution in [1.29, 1.82) is 0 Å². The van der Waals surface area contributed by atoms with Crippen LogP contribution in [0.5, 0.6) is 0 Å². The Hall–Kier alpha value is -0.870. The maximum atomic E-state index is 12.5. The Morgan fingerprint density at radius 2 is 2.00 bits per heavy atom. The molecule has 1 aliphatic carbocycles. The summed E-state index contributed by atoms with van der Waals surface area (Å²) in [4.78, 5) is 12.5. The zero-order chi connectivity index (χ0) is 15.0. The molecule has 0 amide bonds. The summed E-state index contributed by atoms with van der Waals surface area (Å²) in [5.74, 6) is 1.38. The van der Waals surface area contributed by atoms with E-state index in [1.807, 2.05) is 0 Å². The number of hydrogen-bond acceptors (Lipinski definition) is 4. The van der Waals surface area contributed by atoms with E-state index in [9.17, 15) is 4.79 Å². The van der Waals surface area contributed by atoms with Crippen molar-refractivity contribution in [3.8, 4) is 0 Å². The van der Waals surface area contributed by atoms with E-state index in [0.717, 1.165) is 24.2 Å². The zero-order valence-electron chi connectivity index (χ0n) is 13.6. The van der Waals surface area contributed by atoms with Crippen molar-refractivity contribution >= 4 is 5.78 Å². The number of allylic oxidation sites excluding steroid dienone is 2. The minimum Gasteiger partial charge on any atom is -0.372 e. The van der Waals surface area contributed by atoms with Crippen molar-refractivity contribution in [3.05, 3.63) is 11.3 Å². The molecule has 3 N–H and O–H groups in total. The summed E-state index contributed by atoms with van der Waals surface area (Å²) >= 11 is 0. The maximum absolute atomic E-state index is 12.5. The van der Waals surface area contributed by atoms with E-state index in [1.54, 1.807) is 6.92 Å². The quantitative estimate of drug-likeness (QED) is 0.748. The highest BCUT2D eigenvalue weighted by Crippen LogP contribution is 2.55. The Morgan fingerprint density at radius 3 is 2.62 bits per heavy atom. The van der Waals surface area contributed by atoms with Gasteiger partial charge in [0.1, 0.15) is 0 Å². The van der Waals surface area contributed by atoms with Gasteiger partial charge in [0, 0.05) is 29.1 Å². The number of hydrogen-bond donors (Lipinski definition) is 3. The molecule has 0 aromatic rings. The SMILES string of the molecule is CCC1(C2CCCCC2)C(C(C)=O)=C(C)NC2NNCC21. The van der Waals surface area contributed by atoms with Crippen LogP contribution in [0.25, 0.3) is 0 Å². The van der Waals surface area contributed by atoms with E-state index in [1.165, 1.54) is 32.1 Å². The van der Waals surface area contributed by atoms with Crippen LogP contribution in [0.3, 0.4) is 0 Å². The fourth-order valence-corrected chi connectivity index (χ4v) is 5.40. The van der Waals surface area contributed by atoms with E-state index in [4.69, 9.17) is 0 Å². The molecule has 3 rings (SSSR count). The highest BCUT2D eigenvalue weighted by molar-refractivity contribution is 5.95. The second-order valence-corrected chi connectivity index (χ2v) is 7.04. The lowest BCUT2D eigenvalue weighted by Gasteiger charge is -2.52. The second kappa shape index (κ2) is 5.73. The first-order valence-corrected chi connectivity index (χ1v) is 8.58. The van der Waals surface area contributed by atoms with Gasteiger partial charge in [-0.05, 0) is 39.0 Å². The van der Waals surface area contributed by atoms with Crippen LogP contribution >= 0.6 is 0 Å². The normalized spacial score (nSPS) is 37.3. The molecule has 0 aromatic carbocycles. The number of carbonyl (C=O) groups is 1. The fraction of sp³-hybridized carbons (Fsp3) is 0.824. The van der Waals surface area contributed by atoms with Gasteiger partial charge in [-0.2, -0.15) is 0 Å². The third-order valence-corrected chi connectivity index (χ3v) is 6.13. The van der Waals surface area contributed by atoms with Gasteiger partial charge >= 0.3 is 0 Å². The number of hydrazine groups is 1. The molecule has 118 valence electrons. The number of ketones is 1. The minimum atomic E-state index is 0.0444. The zero-order valence-corrected chi connectivity index (χ0v) is 13.6. The molecular weight excluding hydrogens is 262 g/mol. The highest BCUT2D eigenvalue weighted by atomic mass is 16.1. The molecule has 4 nitrogen and oxygen atoms in total. The molecule has 0 bridgehead atoms. The first-order chi connectivity index (χ1) is 10.1. The lowest BCUT2D eigenvalue weighted by molar-refractivity contribution is -0.116. The van der Waals surface area contributed by atoms with Gasteiger partial charge in [-0.3, -0.25) is 10.2 Å². The summed E-state index contributed by atoms with van der Waals surface area (Å²) in [7, 11) is 0. The van der Waals surface area contributed by atoms with Crippen LogP contribution in [0.4, 0.5) is 0 Å². The van der Waals surface area contributed by atoms with Gasteiger partial charge in [-0.25, -0.2) is 5.43 Å². The third kappa shape index (κ3) is 2.23. The number of nitrogens with one attached hydrogen (secondary N) is 3. The Morgan fingerprint density at radius 1 is 1.29 bits per heavy atom. The second-order valence-electron chi connectivity index (χ2n) is 7.04. The van der Waals surface area contributed by atoms with Crippen LogP contribution in [0, 0.1) is 17.3 Å². The number of fused-ring (bicyclic) bond motifs is 1. The van der Waals surface area contributed by atoms with Gasteiger partial charge in [0.2, 0.25) is 0 Å². The molecule has 2 aliphatic heterocycles. The standard InChI is InChI=1S/C17H29N3O/c1-4-17(13-8-6-5-7-9-13)14-10-18-20-16(14)19-11(2)15(17)12(3)21/h13-14,16,18-20H,4-10H2,1-3H3. The van der Waals surface area contributed by atoms with Gasteiger partial charge < -0.3 is 5.32 Å². The Balaban J connectivity index is 2.10. The fourth-order valence-electron chi connectivity index (χ4n) is 5.40. The van der Waals surface area contributed by atoms with Gasteiger partial charge in [0.05, 0.1) is 6.17 Å². The third-order valence-electron chi connectivity index (χ3n) is 6.13. The molecule has 3 unspecified atom stereocenters. The average molecular weight is 291 g/mol. The lowest BCUT2D eigenvalue weighted by atomic mass is 9.54. The van der Waals surface area contributed by atoms with Gasteiger partial charge in [-0.15, -0.1) is 0 Å². The summed E-state index contributed by atoms with van der Waals surface area (Å²) in [6.45, 7) is 7.07. The summed E-state index contributed by atoms with van der Waals surface area (Å²) in [5, 5.41) is 3.52. The molecule has 1 saturated carbocycles. The monoisotopic (exact) mass is 291 g/mol. The number of rotatable bonds is 3. The van der Waals surface area contributed by atoms with E-state index in [-0.39, 0.29) is 17.4 Å². The van der Waals surface area contributed by atoms with E-state index >= 15 is 0 Å². The molecule has 2 fully saturated rings. The molecular formula is C17H29N3O. The highest BCUT2D eigenvalue weighted by Gasteiger charge is 2.55. The Kier molecular flexibility index (Phi) is 4.10. The Bertz CT molecular complexity index is 453. The van der Waals surface area contributed by atoms with E-state index in [0.29, 0.717) is 11.8 Å².